The van der Waals surface area contributed by atoms with E-state index in [0.717, 1.165) is 18.1 Å². The molecule has 2 nitrogen and oxygen atoms in total. The van der Waals surface area contributed by atoms with Gasteiger partial charge >= 0.3 is 0 Å². The molecule has 3 rings (SSSR count). The standard InChI is InChI=1S/C18H21ClN2/c1-13-11-20-17(15-7-4-3-5-8-15)12-21(13)18-10-6-9-16(19)14(18)2/h3-10,13,17,20H,11-12H2,1-2H3. The fraction of sp³-hybridized carbons (Fsp3) is 0.333. The molecule has 1 heterocycles. The zero-order valence-corrected chi connectivity index (χ0v) is 13.3. The molecular weight excluding hydrogens is 280 g/mol. The Kier molecular flexibility index (Phi) is 4.18. The molecule has 2 unspecified atom stereocenters. The SMILES string of the molecule is Cc1c(Cl)cccc1N1CC(c2ccccc2)NCC1C. The number of benzene rings is 2. The molecular formula is C18H21ClN2. The normalized spacial score (nSPS) is 22.3. The van der Waals surface area contributed by atoms with Crippen LogP contribution in [-0.4, -0.2) is 19.1 Å². The first-order valence-electron chi connectivity index (χ1n) is 7.47. The molecule has 0 amide bonds. The Morgan fingerprint density at radius 1 is 1.10 bits per heavy atom. The summed E-state index contributed by atoms with van der Waals surface area (Å²) in [7, 11) is 0. The second-order valence-corrected chi connectivity index (χ2v) is 6.16. The Hall–Kier alpha value is -1.51. The zero-order valence-electron chi connectivity index (χ0n) is 12.5. The van der Waals surface area contributed by atoms with Crippen LogP contribution >= 0.6 is 11.6 Å². The van der Waals surface area contributed by atoms with Gasteiger partial charge in [-0.1, -0.05) is 48.0 Å². The Morgan fingerprint density at radius 3 is 2.62 bits per heavy atom. The third-order valence-electron chi connectivity index (χ3n) is 4.32. The molecule has 1 N–H and O–H groups in total. The maximum Gasteiger partial charge on any atom is 0.0499 e. The van der Waals surface area contributed by atoms with Gasteiger partial charge in [0.15, 0.2) is 0 Å². The van der Waals surface area contributed by atoms with Gasteiger partial charge in [0.1, 0.15) is 0 Å². The van der Waals surface area contributed by atoms with Gasteiger partial charge in [-0.05, 0) is 37.1 Å². The monoisotopic (exact) mass is 300 g/mol. The van der Waals surface area contributed by atoms with Crippen molar-refractivity contribution in [2.75, 3.05) is 18.0 Å². The number of rotatable bonds is 2. The first-order valence-corrected chi connectivity index (χ1v) is 7.84. The highest BCUT2D eigenvalue weighted by molar-refractivity contribution is 6.31. The first kappa shape index (κ1) is 14.4. The molecule has 2 aromatic rings. The number of halogens is 1. The molecule has 0 spiro atoms. The van der Waals surface area contributed by atoms with E-state index in [1.165, 1.54) is 16.8 Å². The van der Waals surface area contributed by atoms with Crippen molar-refractivity contribution in [1.29, 1.82) is 0 Å². The van der Waals surface area contributed by atoms with Crippen molar-refractivity contribution in [1.82, 2.24) is 5.32 Å². The summed E-state index contributed by atoms with van der Waals surface area (Å²) >= 11 is 6.29. The molecule has 0 aliphatic carbocycles. The van der Waals surface area contributed by atoms with Crippen molar-refractivity contribution in [3.8, 4) is 0 Å². The van der Waals surface area contributed by atoms with Crippen LogP contribution in [0.4, 0.5) is 5.69 Å². The zero-order chi connectivity index (χ0) is 14.8. The molecule has 21 heavy (non-hydrogen) atoms. The summed E-state index contributed by atoms with van der Waals surface area (Å²) in [5.74, 6) is 0. The number of anilines is 1. The summed E-state index contributed by atoms with van der Waals surface area (Å²) in [4.78, 5) is 2.47. The van der Waals surface area contributed by atoms with Crippen LogP contribution < -0.4 is 10.2 Å². The van der Waals surface area contributed by atoms with E-state index in [2.05, 4.69) is 60.5 Å². The van der Waals surface area contributed by atoms with E-state index >= 15 is 0 Å². The minimum atomic E-state index is 0.362. The Bertz CT molecular complexity index is 612. The molecule has 0 bridgehead atoms. The summed E-state index contributed by atoms with van der Waals surface area (Å²) in [6.07, 6.45) is 0. The molecule has 2 atom stereocenters. The highest BCUT2D eigenvalue weighted by Gasteiger charge is 2.27. The van der Waals surface area contributed by atoms with Crippen LogP contribution in [-0.2, 0) is 0 Å². The summed E-state index contributed by atoms with van der Waals surface area (Å²) in [5.41, 5.74) is 3.76. The van der Waals surface area contributed by atoms with Gasteiger partial charge in [-0.2, -0.15) is 0 Å². The van der Waals surface area contributed by atoms with Crippen molar-refractivity contribution < 1.29 is 0 Å². The van der Waals surface area contributed by atoms with Gasteiger partial charge in [0.25, 0.3) is 0 Å². The minimum Gasteiger partial charge on any atom is -0.365 e. The topological polar surface area (TPSA) is 15.3 Å². The molecule has 110 valence electrons. The maximum atomic E-state index is 6.29. The largest absolute Gasteiger partial charge is 0.365 e. The number of piperazine rings is 1. The van der Waals surface area contributed by atoms with Crippen LogP contribution in [0.2, 0.25) is 5.02 Å². The fourth-order valence-corrected chi connectivity index (χ4v) is 3.19. The third kappa shape index (κ3) is 2.92. The van der Waals surface area contributed by atoms with Crippen LogP contribution in [0.1, 0.15) is 24.1 Å². The van der Waals surface area contributed by atoms with Crippen molar-refractivity contribution in [2.24, 2.45) is 0 Å². The molecule has 2 aromatic carbocycles. The van der Waals surface area contributed by atoms with Crippen LogP contribution in [0.5, 0.6) is 0 Å². The van der Waals surface area contributed by atoms with Gasteiger partial charge < -0.3 is 10.2 Å². The Labute approximate surface area is 131 Å². The summed E-state index contributed by atoms with van der Waals surface area (Å²) in [6, 6.07) is 17.6. The van der Waals surface area contributed by atoms with E-state index in [0.29, 0.717) is 12.1 Å². The van der Waals surface area contributed by atoms with Gasteiger partial charge in [0, 0.05) is 35.9 Å². The number of hydrogen-bond donors (Lipinski definition) is 1. The van der Waals surface area contributed by atoms with Crippen molar-refractivity contribution >= 4 is 17.3 Å². The molecule has 1 aliphatic rings. The molecule has 1 fully saturated rings. The van der Waals surface area contributed by atoms with Crippen LogP contribution in [0.3, 0.4) is 0 Å². The van der Waals surface area contributed by atoms with E-state index in [1.54, 1.807) is 0 Å². The van der Waals surface area contributed by atoms with E-state index in [-0.39, 0.29) is 0 Å². The van der Waals surface area contributed by atoms with Gasteiger partial charge in [-0.25, -0.2) is 0 Å². The lowest BCUT2D eigenvalue weighted by molar-refractivity contribution is 0.414. The average molecular weight is 301 g/mol. The fourth-order valence-electron chi connectivity index (χ4n) is 3.02. The van der Waals surface area contributed by atoms with E-state index in [9.17, 15) is 0 Å². The van der Waals surface area contributed by atoms with Crippen molar-refractivity contribution in [3.63, 3.8) is 0 Å². The Morgan fingerprint density at radius 2 is 1.86 bits per heavy atom. The van der Waals surface area contributed by atoms with Gasteiger partial charge in [-0.15, -0.1) is 0 Å². The summed E-state index contributed by atoms with van der Waals surface area (Å²) in [5, 5.41) is 4.49. The van der Waals surface area contributed by atoms with E-state index in [4.69, 9.17) is 11.6 Å². The van der Waals surface area contributed by atoms with Crippen molar-refractivity contribution in [2.45, 2.75) is 25.9 Å². The summed E-state index contributed by atoms with van der Waals surface area (Å²) < 4.78 is 0. The highest BCUT2D eigenvalue weighted by atomic mass is 35.5. The lowest BCUT2D eigenvalue weighted by Gasteiger charge is -2.41. The minimum absolute atomic E-state index is 0.362. The molecule has 1 aliphatic heterocycles. The maximum absolute atomic E-state index is 6.29. The average Bonchev–Trinajstić information content (AvgIpc) is 2.52. The smallest absolute Gasteiger partial charge is 0.0499 e. The molecule has 0 aromatic heterocycles. The quantitative estimate of drug-likeness (QED) is 0.895. The number of hydrogen-bond acceptors (Lipinski definition) is 2. The number of nitrogens with zero attached hydrogens (tertiary/aromatic N) is 1. The lowest BCUT2D eigenvalue weighted by Crippen LogP contribution is -2.51. The van der Waals surface area contributed by atoms with Crippen LogP contribution in [0.15, 0.2) is 48.5 Å². The predicted molar refractivity (Wildman–Crippen MR) is 90.2 cm³/mol. The number of nitrogens with one attached hydrogen (secondary N) is 1. The van der Waals surface area contributed by atoms with E-state index < -0.39 is 0 Å². The summed E-state index contributed by atoms with van der Waals surface area (Å²) in [6.45, 7) is 6.30. The van der Waals surface area contributed by atoms with Crippen LogP contribution in [0.25, 0.3) is 0 Å². The van der Waals surface area contributed by atoms with Crippen LogP contribution in [0, 0.1) is 6.92 Å². The molecule has 0 saturated carbocycles. The second-order valence-electron chi connectivity index (χ2n) is 5.76. The first-order chi connectivity index (χ1) is 10.2. The predicted octanol–water partition coefficient (Wildman–Crippen LogP) is 4.19. The molecule has 1 saturated heterocycles. The highest BCUT2D eigenvalue weighted by Crippen LogP contribution is 2.31. The second kappa shape index (κ2) is 6.08. The van der Waals surface area contributed by atoms with Gasteiger partial charge in [-0.3, -0.25) is 0 Å². The van der Waals surface area contributed by atoms with Crippen molar-refractivity contribution in [3.05, 3.63) is 64.7 Å². The third-order valence-corrected chi connectivity index (χ3v) is 4.73. The lowest BCUT2D eigenvalue weighted by atomic mass is 10.0. The van der Waals surface area contributed by atoms with E-state index in [1.807, 2.05) is 12.1 Å². The Balaban J connectivity index is 1.89. The van der Waals surface area contributed by atoms with Gasteiger partial charge in [0.05, 0.1) is 0 Å². The van der Waals surface area contributed by atoms with Gasteiger partial charge in [0.2, 0.25) is 0 Å². The molecule has 3 heteroatoms. The molecule has 0 radical (unpaired) electrons.